The van der Waals surface area contributed by atoms with Gasteiger partial charge in [0.25, 0.3) is 0 Å². The molecule has 1 aromatic heterocycles. The van der Waals surface area contributed by atoms with Gasteiger partial charge in [0.15, 0.2) is 5.78 Å². The predicted octanol–water partition coefficient (Wildman–Crippen LogP) is 3.24. The van der Waals surface area contributed by atoms with Gasteiger partial charge in [-0.15, -0.1) is 11.3 Å². The Morgan fingerprint density at radius 1 is 1.32 bits per heavy atom. The van der Waals surface area contributed by atoms with Crippen molar-refractivity contribution >= 4 is 17.1 Å². The summed E-state index contributed by atoms with van der Waals surface area (Å²) in [5, 5.41) is 4.99. The molecule has 0 fully saturated rings. The molecule has 19 heavy (non-hydrogen) atoms. The molecule has 0 saturated carbocycles. The van der Waals surface area contributed by atoms with Gasteiger partial charge in [0.1, 0.15) is 5.75 Å². The Balaban J connectivity index is 1.81. The number of ether oxygens (including phenoxy) is 1. The summed E-state index contributed by atoms with van der Waals surface area (Å²) in [5.74, 6) is 0.865. The second kappa shape index (κ2) is 6.75. The summed E-state index contributed by atoms with van der Waals surface area (Å²) in [6.07, 6.45) is 3.24. The van der Waals surface area contributed by atoms with Crippen molar-refractivity contribution < 1.29 is 9.53 Å². The van der Waals surface area contributed by atoms with E-state index in [0.717, 1.165) is 16.2 Å². The third-order valence-corrected chi connectivity index (χ3v) is 3.47. The van der Waals surface area contributed by atoms with Gasteiger partial charge >= 0.3 is 0 Å². The van der Waals surface area contributed by atoms with Crippen molar-refractivity contribution in [2.45, 2.75) is 6.54 Å². The van der Waals surface area contributed by atoms with Gasteiger partial charge in [-0.25, -0.2) is 0 Å². The fourth-order valence-corrected chi connectivity index (χ4v) is 2.20. The topological polar surface area (TPSA) is 38.3 Å². The molecule has 1 aromatic carbocycles. The monoisotopic (exact) mass is 273 g/mol. The molecule has 1 heterocycles. The van der Waals surface area contributed by atoms with Crippen molar-refractivity contribution in [1.29, 1.82) is 0 Å². The number of benzene rings is 1. The Hall–Kier alpha value is -2.07. The number of hydrogen-bond donors (Lipinski definition) is 1. The van der Waals surface area contributed by atoms with Gasteiger partial charge in [-0.1, -0.05) is 18.2 Å². The maximum atomic E-state index is 11.7. The number of carbonyl (C=O) groups excluding carboxylic acids is 1. The summed E-state index contributed by atoms with van der Waals surface area (Å²) in [6, 6.07) is 11.5. The average Bonchev–Trinajstić information content (AvgIpc) is 2.98. The van der Waals surface area contributed by atoms with Crippen molar-refractivity contribution in [3.05, 3.63) is 64.5 Å². The number of hydrogen-bond acceptors (Lipinski definition) is 4. The molecule has 0 bridgehead atoms. The quantitative estimate of drug-likeness (QED) is 0.648. The minimum atomic E-state index is 0.0252. The van der Waals surface area contributed by atoms with Crippen LogP contribution in [-0.4, -0.2) is 12.9 Å². The molecule has 0 spiro atoms. The van der Waals surface area contributed by atoms with Crippen molar-refractivity contribution in [3.8, 4) is 5.75 Å². The first-order valence-electron chi connectivity index (χ1n) is 5.90. The standard InChI is InChI=1S/C15H15NO2S/c1-18-13-6-4-12(5-7-13)11-16-9-8-14(17)15-3-2-10-19-15/h2-10,16H,11H2,1H3/b9-8+. The zero-order chi connectivity index (χ0) is 13.5. The molecule has 3 nitrogen and oxygen atoms in total. The van der Waals surface area contributed by atoms with E-state index in [0.29, 0.717) is 6.54 Å². The zero-order valence-corrected chi connectivity index (χ0v) is 11.4. The van der Waals surface area contributed by atoms with E-state index in [1.54, 1.807) is 19.4 Å². The molecule has 0 amide bonds. The molecular formula is C15H15NO2S. The molecule has 0 atom stereocenters. The van der Waals surface area contributed by atoms with Crippen LogP contribution in [0.1, 0.15) is 15.2 Å². The smallest absolute Gasteiger partial charge is 0.197 e. The third-order valence-electron chi connectivity index (χ3n) is 2.58. The van der Waals surface area contributed by atoms with Gasteiger partial charge in [0, 0.05) is 18.8 Å². The summed E-state index contributed by atoms with van der Waals surface area (Å²) in [6.45, 7) is 0.679. The van der Waals surface area contributed by atoms with E-state index in [2.05, 4.69) is 5.32 Å². The molecule has 4 heteroatoms. The van der Waals surface area contributed by atoms with Crippen LogP contribution in [0.5, 0.6) is 5.75 Å². The van der Waals surface area contributed by atoms with Crippen molar-refractivity contribution in [2.75, 3.05) is 7.11 Å². The molecule has 98 valence electrons. The highest BCUT2D eigenvalue weighted by molar-refractivity contribution is 7.12. The van der Waals surface area contributed by atoms with Crippen LogP contribution in [-0.2, 0) is 6.54 Å². The van der Waals surface area contributed by atoms with E-state index in [-0.39, 0.29) is 5.78 Å². The lowest BCUT2D eigenvalue weighted by atomic mass is 10.2. The van der Waals surface area contributed by atoms with Crippen molar-refractivity contribution in [1.82, 2.24) is 5.32 Å². The van der Waals surface area contributed by atoms with Crippen LogP contribution in [0.2, 0.25) is 0 Å². The van der Waals surface area contributed by atoms with Crippen LogP contribution >= 0.6 is 11.3 Å². The Kier molecular flexibility index (Phi) is 4.75. The minimum Gasteiger partial charge on any atom is -0.497 e. The van der Waals surface area contributed by atoms with Gasteiger partial charge < -0.3 is 10.1 Å². The van der Waals surface area contributed by atoms with E-state index in [9.17, 15) is 4.79 Å². The maximum absolute atomic E-state index is 11.7. The highest BCUT2D eigenvalue weighted by atomic mass is 32.1. The highest BCUT2D eigenvalue weighted by Gasteiger charge is 2.00. The molecule has 0 saturated heterocycles. The summed E-state index contributed by atoms with van der Waals surface area (Å²) < 4.78 is 5.09. The molecule has 0 aliphatic rings. The average molecular weight is 273 g/mol. The normalized spacial score (nSPS) is 10.6. The van der Waals surface area contributed by atoms with Crippen molar-refractivity contribution in [3.63, 3.8) is 0 Å². The lowest BCUT2D eigenvalue weighted by Crippen LogP contribution is -2.05. The number of ketones is 1. The van der Waals surface area contributed by atoms with Gasteiger partial charge in [0.2, 0.25) is 0 Å². The first-order valence-corrected chi connectivity index (χ1v) is 6.78. The molecule has 2 rings (SSSR count). The minimum absolute atomic E-state index is 0.0252. The van der Waals surface area contributed by atoms with Gasteiger partial charge in [-0.05, 0) is 29.1 Å². The molecule has 0 radical (unpaired) electrons. The SMILES string of the molecule is COc1ccc(CN/C=C/C(=O)c2cccs2)cc1. The van der Waals surface area contributed by atoms with E-state index in [1.165, 1.54) is 11.3 Å². The largest absolute Gasteiger partial charge is 0.497 e. The van der Waals surface area contributed by atoms with Crippen LogP contribution in [0.25, 0.3) is 0 Å². The van der Waals surface area contributed by atoms with Crippen LogP contribution in [0.3, 0.4) is 0 Å². The number of nitrogens with one attached hydrogen (secondary N) is 1. The highest BCUT2D eigenvalue weighted by Crippen LogP contribution is 2.11. The van der Waals surface area contributed by atoms with Crippen molar-refractivity contribution in [2.24, 2.45) is 0 Å². The van der Waals surface area contributed by atoms with Crippen LogP contribution in [0, 0.1) is 0 Å². The Morgan fingerprint density at radius 3 is 2.74 bits per heavy atom. The molecule has 1 N–H and O–H groups in total. The summed E-state index contributed by atoms with van der Waals surface area (Å²) >= 11 is 1.45. The summed E-state index contributed by atoms with van der Waals surface area (Å²) in [7, 11) is 1.65. The third kappa shape index (κ3) is 3.96. The summed E-state index contributed by atoms with van der Waals surface area (Å²) in [4.78, 5) is 12.4. The zero-order valence-electron chi connectivity index (χ0n) is 10.6. The fraction of sp³-hybridized carbons (Fsp3) is 0.133. The fourth-order valence-electron chi connectivity index (χ4n) is 1.56. The Bertz CT molecular complexity index is 544. The van der Waals surface area contributed by atoms with E-state index in [4.69, 9.17) is 4.74 Å². The predicted molar refractivity (Wildman–Crippen MR) is 77.6 cm³/mol. The number of methoxy groups -OCH3 is 1. The Morgan fingerprint density at radius 2 is 2.11 bits per heavy atom. The second-order valence-corrected chi connectivity index (χ2v) is 4.85. The van der Waals surface area contributed by atoms with Crippen LogP contribution in [0.15, 0.2) is 54.1 Å². The van der Waals surface area contributed by atoms with E-state index >= 15 is 0 Å². The Labute approximate surface area is 116 Å². The number of allylic oxidation sites excluding steroid dienone is 1. The van der Waals surface area contributed by atoms with Crippen LogP contribution < -0.4 is 10.1 Å². The number of thiophene rings is 1. The molecule has 2 aromatic rings. The molecule has 0 aliphatic heterocycles. The van der Waals surface area contributed by atoms with E-state index < -0.39 is 0 Å². The van der Waals surface area contributed by atoms with E-state index in [1.807, 2.05) is 41.8 Å². The first kappa shape index (κ1) is 13.4. The maximum Gasteiger partial charge on any atom is 0.197 e. The summed E-state index contributed by atoms with van der Waals surface area (Å²) in [5.41, 5.74) is 1.13. The number of carbonyl (C=O) groups is 1. The lowest BCUT2D eigenvalue weighted by molar-refractivity contribution is 0.105. The van der Waals surface area contributed by atoms with Gasteiger partial charge in [-0.2, -0.15) is 0 Å². The molecule has 0 unspecified atom stereocenters. The van der Waals surface area contributed by atoms with Gasteiger partial charge in [-0.3, -0.25) is 4.79 Å². The lowest BCUT2D eigenvalue weighted by Gasteiger charge is -2.03. The second-order valence-electron chi connectivity index (χ2n) is 3.90. The number of rotatable bonds is 6. The van der Waals surface area contributed by atoms with Gasteiger partial charge in [0.05, 0.1) is 12.0 Å². The van der Waals surface area contributed by atoms with Crippen LogP contribution in [0.4, 0.5) is 0 Å². The molecular weight excluding hydrogens is 258 g/mol. The molecule has 0 aliphatic carbocycles. The first-order chi connectivity index (χ1) is 9.29.